The second-order valence-electron chi connectivity index (χ2n) is 6.19. The van der Waals surface area contributed by atoms with Gasteiger partial charge < -0.3 is 20.3 Å². The van der Waals surface area contributed by atoms with Gasteiger partial charge in [-0.15, -0.1) is 0 Å². The van der Waals surface area contributed by atoms with Crippen LogP contribution in [0, 0.1) is 5.82 Å². The van der Waals surface area contributed by atoms with E-state index in [1.165, 1.54) is 12.1 Å². The Morgan fingerprint density at radius 3 is 2.48 bits per heavy atom. The Labute approximate surface area is 137 Å². The molecule has 1 aromatic rings. The Hall–Kier alpha value is -1.50. The number of piperidine rings is 1. The van der Waals surface area contributed by atoms with E-state index in [9.17, 15) is 9.18 Å². The van der Waals surface area contributed by atoms with Gasteiger partial charge in [0.15, 0.2) is 0 Å². The van der Waals surface area contributed by atoms with Crippen LogP contribution in [0.2, 0.25) is 0 Å². The highest BCUT2D eigenvalue weighted by Gasteiger charge is 2.39. The molecule has 0 bridgehead atoms. The van der Waals surface area contributed by atoms with E-state index in [2.05, 4.69) is 10.6 Å². The molecule has 1 atom stereocenters. The molecule has 1 aromatic carbocycles. The molecule has 0 radical (unpaired) electrons. The summed E-state index contributed by atoms with van der Waals surface area (Å²) in [5.74, 6) is -0.334. The zero-order valence-corrected chi connectivity index (χ0v) is 14.1. The van der Waals surface area contributed by atoms with Gasteiger partial charge in [0.25, 0.3) is 5.91 Å². The average Bonchev–Trinajstić information content (AvgIpc) is 2.56. The number of likely N-dealkylation sites (N-methyl/N-ethyl adjacent to an activating group) is 1. The lowest BCUT2D eigenvalue weighted by molar-refractivity contribution is -0.146. The zero-order chi connectivity index (χ0) is 16.9. The summed E-state index contributed by atoms with van der Waals surface area (Å²) in [5.41, 5.74) is 0.221. The molecule has 0 spiro atoms. The van der Waals surface area contributed by atoms with Crippen LogP contribution in [-0.2, 0) is 9.53 Å². The fraction of sp³-hybridized carbons (Fsp3) is 0.588. The third-order valence-electron chi connectivity index (χ3n) is 4.55. The van der Waals surface area contributed by atoms with Gasteiger partial charge in [-0.2, -0.15) is 0 Å². The molecule has 6 heteroatoms. The molecule has 1 unspecified atom stereocenters. The molecule has 1 fully saturated rings. The van der Waals surface area contributed by atoms with Crippen molar-refractivity contribution < 1.29 is 13.9 Å². The maximum atomic E-state index is 13.1. The summed E-state index contributed by atoms with van der Waals surface area (Å²) in [5, 5.41) is 6.25. The van der Waals surface area contributed by atoms with Gasteiger partial charge in [0, 0.05) is 13.7 Å². The maximum Gasteiger partial charge on any atom is 0.252 e. The topological polar surface area (TPSA) is 53.6 Å². The van der Waals surface area contributed by atoms with Crippen molar-refractivity contribution in [1.82, 2.24) is 15.5 Å². The van der Waals surface area contributed by atoms with E-state index >= 15 is 0 Å². The monoisotopic (exact) mass is 323 g/mol. The predicted molar refractivity (Wildman–Crippen MR) is 87.7 cm³/mol. The number of carbonyl (C=O) groups excluding carboxylic acids is 1. The van der Waals surface area contributed by atoms with Crippen LogP contribution in [0.5, 0.6) is 0 Å². The molecule has 23 heavy (non-hydrogen) atoms. The molecule has 2 rings (SSSR count). The predicted octanol–water partition coefficient (Wildman–Crippen LogP) is 1.31. The molecule has 0 saturated carbocycles. The quantitative estimate of drug-likeness (QED) is 0.829. The van der Waals surface area contributed by atoms with Gasteiger partial charge in [0.1, 0.15) is 11.4 Å². The van der Waals surface area contributed by atoms with Crippen LogP contribution >= 0.6 is 0 Å². The third-order valence-corrected chi connectivity index (χ3v) is 4.55. The fourth-order valence-electron chi connectivity index (χ4n) is 2.99. The van der Waals surface area contributed by atoms with Crippen LogP contribution in [0.25, 0.3) is 0 Å². The number of nitrogens with zero attached hydrogens (tertiary/aromatic N) is 1. The summed E-state index contributed by atoms with van der Waals surface area (Å²) in [6, 6.07) is 6.37. The first kappa shape index (κ1) is 17.8. The van der Waals surface area contributed by atoms with E-state index in [1.54, 1.807) is 19.2 Å². The number of carbonyl (C=O) groups is 1. The highest BCUT2D eigenvalue weighted by molar-refractivity contribution is 5.85. The molecule has 1 saturated heterocycles. The van der Waals surface area contributed by atoms with Crippen molar-refractivity contribution in [2.24, 2.45) is 0 Å². The number of amides is 1. The lowest BCUT2D eigenvalue weighted by atomic mass is 9.91. The second kappa shape index (κ2) is 7.86. The third kappa shape index (κ3) is 4.28. The number of hydrogen-bond donors (Lipinski definition) is 2. The largest absolute Gasteiger partial charge is 0.368 e. The minimum absolute atomic E-state index is 0.0184. The van der Waals surface area contributed by atoms with E-state index in [-0.39, 0.29) is 17.8 Å². The standard InChI is InChI=1S/C17H26FN3O2/c1-21(2)15(13-4-6-14(18)7-5-13)12-20-16(22)17(23-3)8-10-19-11-9-17/h4-7,15,19H,8-12H2,1-3H3,(H,20,22). The van der Waals surface area contributed by atoms with Crippen molar-refractivity contribution in [2.45, 2.75) is 24.5 Å². The van der Waals surface area contributed by atoms with Crippen molar-refractivity contribution >= 4 is 5.91 Å². The molecule has 0 aliphatic carbocycles. The number of hydrogen-bond acceptors (Lipinski definition) is 4. The van der Waals surface area contributed by atoms with Crippen LogP contribution in [0.4, 0.5) is 4.39 Å². The van der Waals surface area contributed by atoms with E-state index in [4.69, 9.17) is 4.74 Å². The zero-order valence-electron chi connectivity index (χ0n) is 14.1. The highest BCUT2D eigenvalue weighted by atomic mass is 19.1. The number of rotatable bonds is 6. The van der Waals surface area contributed by atoms with Gasteiger partial charge in [-0.3, -0.25) is 4.79 Å². The van der Waals surface area contributed by atoms with Gasteiger partial charge in [0.05, 0.1) is 6.04 Å². The molecular weight excluding hydrogens is 297 g/mol. The molecule has 2 N–H and O–H groups in total. The minimum atomic E-state index is -0.745. The number of halogens is 1. The van der Waals surface area contributed by atoms with Gasteiger partial charge in [-0.1, -0.05) is 12.1 Å². The minimum Gasteiger partial charge on any atom is -0.368 e. The molecule has 1 heterocycles. The van der Waals surface area contributed by atoms with Crippen LogP contribution in [-0.4, -0.2) is 57.2 Å². The summed E-state index contributed by atoms with van der Waals surface area (Å²) in [4.78, 5) is 14.6. The van der Waals surface area contributed by atoms with Crippen molar-refractivity contribution in [3.05, 3.63) is 35.6 Å². The Balaban J connectivity index is 2.03. The van der Waals surface area contributed by atoms with Crippen molar-refractivity contribution in [3.63, 3.8) is 0 Å². The summed E-state index contributed by atoms with van der Waals surface area (Å²) in [6.45, 7) is 2.00. The number of benzene rings is 1. The second-order valence-corrected chi connectivity index (χ2v) is 6.19. The van der Waals surface area contributed by atoms with Crippen LogP contribution in [0.3, 0.4) is 0 Å². The van der Waals surface area contributed by atoms with Crippen LogP contribution in [0.15, 0.2) is 24.3 Å². The maximum absolute atomic E-state index is 13.1. The number of methoxy groups -OCH3 is 1. The van der Waals surface area contributed by atoms with Crippen molar-refractivity contribution in [3.8, 4) is 0 Å². The van der Waals surface area contributed by atoms with Gasteiger partial charge in [-0.25, -0.2) is 4.39 Å². The molecular formula is C17H26FN3O2. The van der Waals surface area contributed by atoms with Crippen molar-refractivity contribution in [2.75, 3.05) is 40.8 Å². The van der Waals surface area contributed by atoms with Gasteiger partial charge in [-0.05, 0) is 57.7 Å². The number of ether oxygens (including phenoxy) is 1. The van der Waals surface area contributed by atoms with E-state index < -0.39 is 5.60 Å². The van der Waals surface area contributed by atoms with Gasteiger partial charge >= 0.3 is 0 Å². The molecule has 5 nitrogen and oxygen atoms in total. The lowest BCUT2D eigenvalue weighted by Crippen LogP contribution is -2.55. The lowest BCUT2D eigenvalue weighted by Gasteiger charge is -2.35. The summed E-state index contributed by atoms with van der Waals surface area (Å²) in [6.07, 6.45) is 1.33. The molecule has 1 amide bonds. The summed E-state index contributed by atoms with van der Waals surface area (Å²) >= 11 is 0. The molecule has 128 valence electrons. The average molecular weight is 323 g/mol. The Bertz CT molecular complexity index is 513. The first-order chi connectivity index (χ1) is 11.0. The first-order valence-corrected chi connectivity index (χ1v) is 7.94. The van der Waals surface area contributed by atoms with Gasteiger partial charge in [0.2, 0.25) is 0 Å². The Kier molecular flexibility index (Phi) is 6.10. The normalized spacial score (nSPS) is 18.7. The number of nitrogens with one attached hydrogen (secondary N) is 2. The Morgan fingerprint density at radius 1 is 1.35 bits per heavy atom. The molecule has 1 aliphatic rings. The van der Waals surface area contributed by atoms with E-state index in [0.29, 0.717) is 19.4 Å². The highest BCUT2D eigenvalue weighted by Crippen LogP contribution is 2.23. The Morgan fingerprint density at radius 2 is 1.96 bits per heavy atom. The first-order valence-electron chi connectivity index (χ1n) is 7.94. The van der Waals surface area contributed by atoms with Crippen molar-refractivity contribution in [1.29, 1.82) is 0 Å². The molecule has 0 aromatic heterocycles. The fourth-order valence-corrected chi connectivity index (χ4v) is 2.99. The van der Waals surface area contributed by atoms with E-state index in [1.807, 2.05) is 19.0 Å². The van der Waals surface area contributed by atoms with Crippen LogP contribution in [0.1, 0.15) is 24.4 Å². The smallest absolute Gasteiger partial charge is 0.252 e. The summed E-state index contributed by atoms with van der Waals surface area (Å²) in [7, 11) is 5.47. The SMILES string of the molecule is COC1(C(=O)NCC(c2ccc(F)cc2)N(C)C)CCNCC1. The summed E-state index contributed by atoms with van der Waals surface area (Å²) < 4.78 is 18.6. The van der Waals surface area contributed by atoms with Crippen LogP contribution < -0.4 is 10.6 Å². The molecule has 1 aliphatic heterocycles. The van der Waals surface area contributed by atoms with E-state index in [0.717, 1.165) is 18.7 Å².